The van der Waals surface area contributed by atoms with Gasteiger partial charge in [-0.2, -0.15) is 0 Å². The lowest BCUT2D eigenvalue weighted by Gasteiger charge is -2.36. The van der Waals surface area contributed by atoms with Gasteiger partial charge in [-0.1, -0.05) is 358 Å². The van der Waals surface area contributed by atoms with Gasteiger partial charge in [0.15, 0.2) is 8.07 Å². The lowest BCUT2D eigenvalue weighted by Crippen LogP contribution is -2.74. The fraction of sp³-hybridized carbons (Fsp3) is 0. The molecule has 0 atom stereocenters. The number of nitrogens with zero attached hydrogens (tertiary/aromatic N) is 1. The third kappa shape index (κ3) is 10.4. The first kappa shape index (κ1) is 57.2. The molecule has 0 fully saturated rings. The summed E-state index contributed by atoms with van der Waals surface area (Å²) in [6.45, 7) is 0. The summed E-state index contributed by atoms with van der Waals surface area (Å²) >= 11 is 0. The molecule has 16 aromatic carbocycles. The standard InChI is InChI=1S/C92H65NSi/c1-9-32-66(33-10-1)81-55-29-42-68-43-30-56-82(88(68)81)67-58-61-74(62-59-67)93(75-44-31-51-79(65-75)94(76-45-19-6-20-46-76,77-47-21-7-22-48-77)78-49-23-8-24-50-78)87-57-28-27-54-84(87)83-53-26-25-52-80(83)73-60-63-85-86(64-73)90(70-36-13-3-14-37-70)92(72-40-17-5-18-41-72)91(71-38-15-4-16-39-71)89(85)69-34-11-2-12-35-69/h1-65H. The molecule has 2 heteroatoms. The number of anilines is 3. The molecule has 94 heavy (non-hydrogen) atoms. The first-order chi connectivity index (χ1) is 46.7. The number of hydrogen-bond donors (Lipinski definition) is 0. The van der Waals surface area contributed by atoms with E-state index in [0.29, 0.717) is 0 Å². The highest BCUT2D eigenvalue weighted by molar-refractivity contribution is 7.20. The van der Waals surface area contributed by atoms with Crippen LogP contribution in [0.2, 0.25) is 0 Å². The van der Waals surface area contributed by atoms with Crippen LogP contribution in [0.25, 0.3) is 111 Å². The van der Waals surface area contributed by atoms with Crippen molar-refractivity contribution in [2.45, 2.75) is 0 Å². The molecule has 0 aliphatic carbocycles. The van der Waals surface area contributed by atoms with E-state index in [2.05, 4.69) is 399 Å². The molecule has 16 rings (SSSR count). The molecule has 16 aromatic rings. The second-order valence-corrected chi connectivity index (χ2v) is 28.0. The Hall–Kier alpha value is -11.9. The summed E-state index contributed by atoms with van der Waals surface area (Å²) in [6, 6.07) is 146. The van der Waals surface area contributed by atoms with Crippen LogP contribution < -0.4 is 25.6 Å². The van der Waals surface area contributed by atoms with Crippen LogP contribution in [-0.2, 0) is 0 Å². The third-order valence-electron chi connectivity index (χ3n) is 18.8. The Morgan fingerprint density at radius 3 is 1.05 bits per heavy atom. The van der Waals surface area contributed by atoms with E-state index in [4.69, 9.17) is 0 Å². The first-order valence-electron chi connectivity index (χ1n) is 32.5. The lowest BCUT2D eigenvalue weighted by atomic mass is 9.78. The van der Waals surface area contributed by atoms with Crippen LogP contribution in [-0.4, -0.2) is 8.07 Å². The van der Waals surface area contributed by atoms with E-state index in [1.807, 2.05) is 0 Å². The van der Waals surface area contributed by atoms with Crippen LogP contribution >= 0.6 is 0 Å². The highest BCUT2D eigenvalue weighted by Crippen LogP contribution is 2.53. The van der Waals surface area contributed by atoms with Crippen molar-refractivity contribution in [2.24, 2.45) is 0 Å². The molecule has 0 radical (unpaired) electrons. The van der Waals surface area contributed by atoms with E-state index < -0.39 is 8.07 Å². The number of para-hydroxylation sites is 1. The number of hydrogen-bond acceptors (Lipinski definition) is 1. The van der Waals surface area contributed by atoms with E-state index in [-0.39, 0.29) is 0 Å². The van der Waals surface area contributed by atoms with Gasteiger partial charge in [0.05, 0.1) is 5.69 Å². The maximum Gasteiger partial charge on any atom is 0.179 e. The second kappa shape index (κ2) is 25.4. The minimum atomic E-state index is -2.98. The molecule has 0 saturated carbocycles. The average Bonchev–Trinajstić information content (AvgIpc) is 0.734. The van der Waals surface area contributed by atoms with Crippen LogP contribution in [0.15, 0.2) is 394 Å². The Morgan fingerprint density at radius 1 is 0.191 bits per heavy atom. The summed E-state index contributed by atoms with van der Waals surface area (Å²) in [7, 11) is -2.98. The maximum absolute atomic E-state index is 2.98. The van der Waals surface area contributed by atoms with Gasteiger partial charge in [0.1, 0.15) is 0 Å². The predicted octanol–water partition coefficient (Wildman–Crippen LogP) is 22.2. The van der Waals surface area contributed by atoms with E-state index >= 15 is 0 Å². The average molecular weight is 1210 g/mol. The SMILES string of the molecule is c1ccc(-c2c(-c3ccccc3)c(-c3ccccc3)c3cc(-c4ccccc4-c4ccccc4N(c4ccc(-c5cccc6cccc(-c7ccccc7)c56)cc4)c4cccc([Si](c5ccccc5)(c5ccccc5)c5ccccc5)c4)ccc3c2-c2ccccc2)cc1. The zero-order valence-corrected chi connectivity index (χ0v) is 53.0. The normalized spacial score (nSPS) is 11.4. The Labute approximate surface area is 552 Å². The maximum atomic E-state index is 2.51. The van der Waals surface area contributed by atoms with E-state index in [1.54, 1.807) is 0 Å². The van der Waals surface area contributed by atoms with Crippen LogP contribution in [0.3, 0.4) is 0 Å². The van der Waals surface area contributed by atoms with Gasteiger partial charge in [0.2, 0.25) is 0 Å². The largest absolute Gasteiger partial charge is 0.310 e. The third-order valence-corrected chi connectivity index (χ3v) is 23.6. The zero-order chi connectivity index (χ0) is 62.6. The van der Waals surface area contributed by atoms with Gasteiger partial charge in [-0.05, 0) is 162 Å². The van der Waals surface area contributed by atoms with Gasteiger partial charge in [-0.15, -0.1) is 0 Å². The van der Waals surface area contributed by atoms with Gasteiger partial charge >= 0.3 is 0 Å². The predicted molar refractivity (Wildman–Crippen MR) is 403 cm³/mol. The van der Waals surface area contributed by atoms with Gasteiger partial charge in [-0.3, -0.25) is 0 Å². The van der Waals surface area contributed by atoms with Gasteiger partial charge < -0.3 is 4.90 Å². The fourth-order valence-electron chi connectivity index (χ4n) is 14.7. The van der Waals surface area contributed by atoms with Crippen LogP contribution in [0.4, 0.5) is 17.1 Å². The van der Waals surface area contributed by atoms with Crippen molar-refractivity contribution in [1.29, 1.82) is 0 Å². The number of rotatable bonds is 15. The van der Waals surface area contributed by atoms with Crippen LogP contribution in [0, 0.1) is 0 Å². The zero-order valence-electron chi connectivity index (χ0n) is 52.0. The molecular formula is C92H65NSi. The summed E-state index contributed by atoms with van der Waals surface area (Å²) in [5.74, 6) is 0. The molecule has 1 nitrogen and oxygen atoms in total. The summed E-state index contributed by atoms with van der Waals surface area (Å²) in [4.78, 5) is 2.51. The highest BCUT2D eigenvalue weighted by atomic mass is 28.3. The minimum absolute atomic E-state index is 1.05. The Bertz CT molecular complexity index is 5210. The van der Waals surface area contributed by atoms with Gasteiger partial charge in [0.25, 0.3) is 0 Å². The van der Waals surface area contributed by atoms with Crippen LogP contribution in [0.5, 0.6) is 0 Å². The van der Waals surface area contributed by atoms with Crippen molar-refractivity contribution >= 4 is 67.4 Å². The van der Waals surface area contributed by atoms with E-state index in [0.717, 1.165) is 44.9 Å². The van der Waals surface area contributed by atoms with E-state index in [1.165, 1.54) is 103 Å². The molecular weight excluding hydrogens is 1150 g/mol. The van der Waals surface area contributed by atoms with Gasteiger partial charge in [0, 0.05) is 16.9 Å². The summed E-state index contributed by atoms with van der Waals surface area (Å²) < 4.78 is 0. The molecule has 0 unspecified atom stereocenters. The quantitative estimate of drug-likeness (QED) is 0.0730. The van der Waals surface area contributed by atoms with E-state index in [9.17, 15) is 0 Å². The Balaban J connectivity index is 0.929. The first-order valence-corrected chi connectivity index (χ1v) is 34.5. The monoisotopic (exact) mass is 1210 g/mol. The summed E-state index contributed by atoms with van der Waals surface area (Å²) in [6.07, 6.45) is 0. The summed E-state index contributed by atoms with van der Waals surface area (Å²) in [5.41, 5.74) is 22.0. The lowest BCUT2D eigenvalue weighted by molar-refractivity contribution is 1.29. The summed E-state index contributed by atoms with van der Waals surface area (Å²) in [5, 5.41) is 10.1. The topological polar surface area (TPSA) is 3.24 Å². The van der Waals surface area contributed by atoms with Crippen LogP contribution in [0.1, 0.15) is 0 Å². The highest BCUT2D eigenvalue weighted by Gasteiger charge is 2.42. The van der Waals surface area contributed by atoms with Gasteiger partial charge in [-0.25, -0.2) is 0 Å². The molecule has 0 aromatic heterocycles. The molecule has 0 aliphatic heterocycles. The Kier molecular flexibility index (Phi) is 15.5. The number of benzene rings is 16. The van der Waals surface area contributed by atoms with Crippen molar-refractivity contribution in [1.82, 2.24) is 0 Å². The smallest absolute Gasteiger partial charge is 0.179 e. The Morgan fingerprint density at radius 2 is 0.553 bits per heavy atom. The fourth-order valence-corrected chi connectivity index (χ4v) is 19.5. The second-order valence-electron chi connectivity index (χ2n) is 24.1. The van der Waals surface area contributed by atoms with Crippen molar-refractivity contribution < 1.29 is 0 Å². The molecule has 442 valence electrons. The molecule has 0 saturated heterocycles. The molecule has 0 bridgehead atoms. The van der Waals surface area contributed by atoms with Crippen molar-refractivity contribution in [3.63, 3.8) is 0 Å². The molecule has 0 N–H and O–H groups in total. The molecule has 0 amide bonds. The molecule has 0 spiro atoms. The van der Waals surface area contributed by atoms with Crippen molar-refractivity contribution in [2.75, 3.05) is 4.90 Å². The molecule has 0 aliphatic rings. The van der Waals surface area contributed by atoms with Crippen molar-refractivity contribution in [3.05, 3.63) is 394 Å². The molecule has 0 heterocycles. The minimum Gasteiger partial charge on any atom is -0.310 e. The number of fused-ring (bicyclic) bond motifs is 2. The van der Waals surface area contributed by atoms with Crippen molar-refractivity contribution in [3.8, 4) is 89.0 Å².